The van der Waals surface area contributed by atoms with E-state index in [1.165, 1.54) is 37.6 Å². The fourth-order valence-electron chi connectivity index (χ4n) is 3.90. The topological polar surface area (TPSA) is 105 Å². The molecule has 2 aromatic carbocycles. The summed E-state index contributed by atoms with van der Waals surface area (Å²) < 4.78 is 38.0. The molecule has 0 aromatic heterocycles. The lowest BCUT2D eigenvalue weighted by atomic mass is 10.0. The largest absolute Gasteiger partial charge is 0.493 e. The third-order valence-corrected chi connectivity index (χ3v) is 7.71. The molecular formula is C24H31N3O6S. The third-order valence-electron chi connectivity index (χ3n) is 5.82. The van der Waals surface area contributed by atoms with Gasteiger partial charge in [0, 0.05) is 39.2 Å². The number of carbonyl (C=O) groups excluding carboxylic acids is 2. The normalized spacial score (nSPS) is 15.5. The summed E-state index contributed by atoms with van der Waals surface area (Å²) in [5.74, 6) is 0.420. The number of piperazine rings is 1. The van der Waals surface area contributed by atoms with Crippen LogP contribution in [0.4, 0.5) is 0 Å². The first-order chi connectivity index (χ1) is 16.1. The van der Waals surface area contributed by atoms with Crippen molar-refractivity contribution in [1.29, 1.82) is 0 Å². The minimum Gasteiger partial charge on any atom is -0.493 e. The van der Waals surface area contributed by atoms with Gasteiger partial charge in [-0.3, -0.25) is 9.59 Å². The van der Waals surface area contributed by atoms with Crippen LogP contribution in [0.1, 0.15) is 30.5 Å². The van der Waals surface area contributed by atoms with E-state index in [1.54, 1.807) is 11.0 Å². The van der Waals surface area contributed by atoms with Crippen molar-refractivity contribution in [3.8, 4) is 11.5 Å². The van der Waals surface area contributed by atoms with Gasteiger partial charge in [-0.2, -0.15) is 4.31 Å². The Morgan fingerprint density at radius 1 is 0.971 bits per heavy atom. The average Bonchev–Trinajstić information content (AvgIpc) is 2.83. The van der Waals surface area contributed by atoms with Gasteiger partial charge in [0.05, 0.1) is 31.6 Å². The van der Waals surface area contributed by atoms with E-state index >= 15 is 0 Å². The summed E-state index contributed by atoms with van der Waals surface area (Å²) in [5.41, 5.74) is 1.94. The summed E-state index contributed by atoms with van der Waals surface area (Å²) >= 11 is 0. The van der Waals surface area contributed by atoms with E-state index in [9.17, 15) is 18.0 Å². The maximum absolute atomic E-state index is 13.1. The maximum Gasteiger partial charge on any atom is 0.243 e. The van der Waals surface area contributed by atoms with Gasteiger partial charge in [0.2, 0.25) is 21.8 Å². The second-order valence-corrected chi connectivity index (χ2v) is 10.1. The number of aryl methyl sites for hydroxylation is 1. The highest BCUT2D eigenvalue weighted by Crippen LogP contribution is 2.31. The number of rotatable bonds is 8. The van der Waals surface area contributed by atoms with E-state index in [0.717, 1.165) is 11.1 Å². The minimum absolute atomic E-state index is 0.102. The van der Waals surface area contributed by atoms with Gasteiger partial charge in [-0.1, -0.05) is 29.8 Å². The van der Waals surface area contributed by atoms with Gasteiger partial charge in [-0.25, -0.2) is 8.42 Å². The number of methoxy groups -OCH3 is 2. The zero-order valence-corrected chi connectivity index (χ0v) is 20.7. The van der Waals surface area contributed by atoms with Crippen LogP contribution in [0.2, 0.25) is 0 Å². The number of benzene rings is 2. The average molecular weight is 490 g/mol. The minimum atomic E-state index is -3.75. The van der Waals surface area contributed by atoms with Crippen LogP contribution in [0.25, 0.3) is 0 Å². The molecule has 0 spiro atoms. The van der Waals surface area contributed by atoms with Crippen molar-refractivity contribution < 1.29 is 27.5 Å². The number of nitrogens with one attached hydrogen (secondary N) is 1. The van der Waals surface area contributed by atoms with E-state index < -0.39 is 16.1 Å². The second-order valence-electron chi connectivity index (χ2n) is 8.17. The van der Waals surface area contributed by atoms with Gasteiger partial charge in [0.15, 0.2) is 11.5 Å². The highest BCUT2D eigenvalue weighted by Gasteiger charge is 2.31. The van der Waals surface area contributed by atoms with E-state index in [2.05, 4.69) is 5.32 Å². The molecule has 1 aliphatic heterocycles. The van der Waals surface area contributed by atoms with E-state index in [1.807, 2.05) is 31.2 Å². The quantitative estimate of drug-likeness (QED) is 0.609. The number of nitrogens with zero attached hydrogens (tertiary/aromatic N) is 2. The summed E-state index contributed by atoms with van der Waals surface area (Å²) in [6.45, 7) is 4.29. The van der Waals surface area contributed by atoms with Crippen molar-refractivity contribution in [3.05, 3.63) is 53.6 Å². The molecule has 3 rings (SSSR count). The lowest BCUT2D eigenvalue weighted by Crippen LogP contribution is -2.51. The van der Waals surface area contributed by atoms with Crippen LogP contribution in [-0.2, 0) is 19.6 Å². The van der Waals surface area contributed by atoms with Gasteiger partial charge in [0.25, 0.3) is 0 Å². The molecule has 0 bridgehead atoms. The Hall–Kier alpha value is -3.11. The first-order valence-corrected chi connectivity index (χ1v) is 12.4. The molecule has 0 aliphatic carbocycles. The van der Waals surface area contributed by atoms with Gasteiger partial charge in [-0.05, 0) is 24.6 Å². The molecule has 184 valence electrons. The number of sulfonamides is 1. The zero-order chi connectivity index (χ0) is 24.9. The Morgan fingerprint density at radius 3 is 2.15 bits per heavy atom. The molecule has 34 heavy (non-hydrogen) atoms. The lowest BCUT2D eigenvalue weighted by Gasteiger charge is -2.35. The molecular weight excluding hydrogens is 458 g/mol. The molecule has 1 aliphatic rings. The van der Waals surface area contributed by atoms with Crippen LogP contribution < -0.4 is 14.8 Å². The molecule has 1 fully saturated rings. The molecule has 2 aromatic rings. The smallest absolute Gasteiger partial charge is 0.243 e. The van der Waals surface area contributed by atoms with Crippen LogP contribution in [0.15, 0.2) is 47.4 Å². The highest BCUT2D eigenvalue weighted by atomic mass is 32.2. The SMILES string of the molecule is COc1ccc(S(=O)(=O)N2CCN(C(=O)C[C@H](NC(C)=O)c3ccc(C)cc3)CC2)cc1OC. The number of hydrogen-bond acceptors (Lipinski definition) is 6. The molecule has 10 heteroatoms. The Bertz CT molecular complexity index is 1130. The van der Waals surface area contributed by atoms with E-state index in [0.29, 0.717) is 11.5 Å². The van der Waals surface area contributed by atoms with Gasteiger partial charge >= 0.3 is 0 Å². The maximum atomic E-state index is 13.1. The fourth-order valence-corrected chi connectivity index (χ4v) is 5.34. The summed E-state index contributed by atoms with van der Waals surface area (Å²) in [6, 6.07) is 11.7. The predicted molar refractivity (Wildman–Crippen MR) is 127 cm³/mol. The molecule has 0 radical (unpaired) electrons. The van der Waals surface area contributed by atoms with Crippen molar-refractivity contribution in [2.24, 2.45) is 0 Å². The van der Waals surface area contributed by atoms with Gasteiger partial charge in [0.1, 0.15) is 0 Å². The number of amides is 2. The number of carbonyl (C=O) groups is 2. The number of hydrogen-bond donors (Lipinski definition) is 1. The zero-order valence-electron chi connectivity index (χ0n) is 19.9. The summed E-state index contributed by atoms with van der Waals surface area (Å²) in [4.78, 5) is 26.4. The summed E-state index contributed by atoms with van der Waals surface area (Å²) in [6.07, 6.45) is 0.102. The first-order valence-electron chi connectivity index (χ1n) is 11.0. The Balaban J connectivity index is 1.66. The van der Waals surface area contributed by atoms with Crippen LogP contribution >= 0.6 is 0 Å². The Morgan fingerprint density at radius 2 is 1.59 bits per heavy atom. The summed E-state index contributed by atoms with van der Waals surface area (Å²) in [7, 11) is -0.820. The van der Waals surface area contributed by atoms with Crippen molar-refractivity contribution >= 4 is 21.8 Å². The Labute approximate surface area is 200 Å². The third kappa shape index (κ3) is 5.87. The van der Waals surface area contributed by atoms with Gasteiger partial charge in [-0.15, -0.1) is 0 Å². The van der Waals surface area contributed by atoms with Crippen molar-refractivity contribution in [2.75, 3.05) is 40.4 Å². The monoisotopic (exact) mass is 489 g/mol. The first kappa shape index (κ1) is 25.5. The second kappa shape index (κ2) is 10.9. The van der Waals surface area contributed by atoms with Crippen molar-refractivity contribution in [2.45, 2.75) is 31.2 Å². The molecule has 0 saturated carbocycles. The van der Waals surface area contributed by atoms with Crippen LogP contribution in [0.5, 0.6) is 11.5 Å². The lowest BCUT2D eigenvalue weighted by molar-refractivity contribution is -0.133. The van der Waals surface area contributed by atoms with Crippen molar-refractivity contribution in [3.63, 3.8) is 0 Å². The number of ether oxygens (including phenoxy) is 2. The fraction of sp³-hybridized carbons (Fsp3) is 0.417. The molecule has 0 unspecified atom stereocenters. The standard InChI is InChI=1S/C24H31N3O6S/c1-17-5-7-19(8-6-17)21(25-18(2)28)16-24(29)26-11-13-27(14-12-26)34(30,31)20-9-10-22(32-3)23(15-20)33-4/h5-10,15,21H,11-14,16H2,1-4H3,(H,25,28)/t21-/m0/s1. The molecule has 1 N–H and O–H groups in total. The molecule has 9 nitrogen and oxygen atoms in total. The van der Waals surface area contributed by atoms with Gasteiger partial charge < -0.3 is 19.7 Å². The van der Waals surface area contributed by atoms with Crippen LogP contribution in [-0.4, -0.2) is 69.8 Å². The van der Waals surface area contributed by atoms with Crippen LogP contribution in [0.3, 0.4) is 0 Å². The Kier molecular flexibility index (Phi) is 8.16. The van der Waals surface area contributed by atoms with E-state index in [-0.39, 0.29) is 49.3 Å². The molecule has 1 heterocycles. The highest BCUT2D eigenvalue weighted by molar-refractivity contribution is 7.89. The molecule has 2 amide bonds. The predicted octanol–water partition coefficient (Wildman–Crippen LogP) is 2.11. The van der Waals surface area contributed by atoms with E-state index in [4.69, 9.17) is 9.47 Å². The molecule has 1 atom stereocenters. The molecule has 1 saturated heterocycles. The van der Waals surface area contributed by atoms with Crippen molar-refractivity contribution in [1.82, 2.24) is 14.5 Å². The van der Waals surface area contributed by atoms with Crippen LogP contribution in [0, 0.1) is 6.92 Å². The summed E-state index contributed by atoms with van der Waals surface area (Å²) in [5, 5.41) is 2.85.